The van der Waals surface area contributed by atoms with Crippen molar-refractivity contribution >= 4 is 34.3 Å². The zero-order chi connectivity index (χ0) is 27.1. The second kappa shape index (κ2) is 10.3. The fourth-order valence-corrected chi connectivity index (χ4v) is 5.14. The van der Waals surface area contributed by atoms with Crippen LogP contribution in [-0.4, -0.2) is 74.8 Å². The number of hydrogen-bond donors (Lipinski definition) is 1. The van der Waals surface area contributed by atoms with Gasteiger partial charge in [-0.3, -0.25) is 9.59 Å². The third-order valence-corrected chi connectivity index (χ3v) is 7.53. The lowest BCUT2D eigenvalue weighted by Gasteiger charge is -2.34. The molecule has 1 N–H and O–H groups in total. The molecule has 1 aliphatic carbocycles. The number of nitrogens with one attached hydrogen (secondary N) is 1. The van der Waals surface area contributed by atoms with E-state index in [-0.39, 0.29) is 17.6 Å². The Morgan fingerprint density at radius 3 is 2.49 bits per heavy atom. The van der Waals surface area contributed by atoms with Crippen LogP contribution >= 0.6 is 11.6 Å². The Balaban J connectivity index is 1.18. The number of carbonyl (C=O) groups is 2. The number of hydrogen-bond acceptors (Lipinski definition) is 6. The zero-order valence-electron chi connectivity index (χ0n) is 21.4. The van der Waals surface area contributed by atoms with Gasteiger partial charge in [0.1, 0.15) is 5.82 Å². The topological polar surface area (TPSA) is 96.2 Å². The number of halogens is 2. The van der Waals surface area contributed by atoms with E-state index in [9.17, 15) is 14.0 Å². The number of pyridine rings is 1. The average molecular weight is 548 g/mol. The lowest BCUT2D eigenvalue weighted by atomic mass is 10.0. The molecule has 2 aromatic heterocycles. The minimum Gasteiger partial charge on any atom is -0.335 e. The van der Waals surface area contributed by atoms with Crippen LogP contribution in [0.4, 0.5) is 4.39 Å². The molecule has 6 rings (SSSR count). The van der Waals surface area contributed by atoms with Gasteiger partial charge in [0.25, 0.3) is 11.8 Å². The van der Waals surface area contributed by atoms with Crippen LogP contribution in [0.1, 0.15) is 45.3 Å². The van der Waals surface area contributed by atoms with Crippen molar-refractivity contribution in [2.45, 2.75) is 25.4 Å². The minimum absolute atomic E-state index is 0.134. The Hall–Kier alpha value is -3.89. The van der Waals surface area contributed by atoms with Crippen LogP contribution in [0.15, 0.2) is 48.7 Å². The van der Waals surface area contributed by atoms with Crippen LogP contribution in [0, 0.1) is 5.82 Å². The van der Waals surface area contributed by atoms with Crippen molar-refractivity contribution in [3.63, 3.8) is 0 Å². The summed E-state index contributed by atoms with van der Waals surface area (Å²) >= 11 is 6.57. The molecule has 1 saturated carbocycles. The number of benzene rings is 2. The largest absolute Gasteiger partial charge is 0.335 e. The van der Waals surface area contributed by atoms with Gasteiger partial charge < -0.3 is 15.1 Å². The zero-order valence-corrected chi connectivity index (χ0v) is 22.2. The Morgan fingerprint density at radius 1 is 1.03 bits per heavy atom. The first-order valence-corrected chi connectivity index (χ1v) is 13.3. The molecular weight excluding hydrogens is 521 g/mol. The van der Waals surface area contributed by atoms with E-state index >= 15 is 0 Å². The molecule has 0 radical (unpaired) electrons. The molecule has 0 atom stereocenters. The predicted molar refractivity (Wildman–Crippen MR) is 145 cm³/mol. The van der Waals surface area contributed by atoms with Crippen molar-refractivity contribution in [2.75, 3.05) is 33.2 Å². The number of aromatic nitrogens is 4. The summed E-state index contributed by atoms with van der Waals surface area (Å²) in [5.74, 6) is -0.589. The SMILES string of the molecule is CNCc1cc(-c2cc(Cl)c3ccc(C(=O)N4CCN(C(=O)c5cn(C6CC6)nn5)CC4)cc3n2)ccc1F. The van der Waals surface area contributed by atoms with Crippen molar-refractivity contribution in [3.05, 3.63) is 76.3 Å². The summed E-state index contributed by atoms with van der Waals surface area (Å²) in [5, 5.41) is 12.3. The van der Waals surface area contributed by atoms with Crippen molar-refractivity contribution < 1.29 is 14.0 Å². The Morgan fingerprint density at radius 2 is 1.77 bits per heavy atom. The maximum Gasteiger partial charge on any atom is 0.276 e. The van der Waals surface area contributed by atoms with Gasteiger partial charge in [0.15, 0.2) is 5.69 Å². The molecule has 9 nitrogen and oxygen atoms in total. The normalized spacial score (nSPS) is 15.7. The average Bonchev–Trinajstić information content (AvgIpc) is 3.69. The first-order valence-electron chi connectivity index (χ1n) is 13.0. The predicted octanol–water partition coefficient (Wildman–Crippen LogP) is 3.94. The van der Waals surface area contributed by atoms with Crippen LogP contribution < -0.4 is 5.32 Å². The van der Waals surface area contributed by atoms with Gasteiger partial charge >= 0.3 is 0 Å². The molecule has 2 fully saturated rings. The van der Waals surface area contributed by atoms with Gasteiger partial charge in [-0.15, -0.1) is 5.10 Å². The third kappa shape index (κ3) is 5.09. The molecule has 0 spiro atoms. The molecule has 39 heavy (non-hydrogen) atoms. The molecule has 200 valence electrons. The highest BCUT2D eigenvalue weighted by Crippen LogP contribution is 2.34. The van der Waals surface area contributed by atoms with Gasteiger partial charge in [0, 0.05) is 54.8 Å². The molecule has 4 aromatic rings. The molecule has 2 amide bonds. The maximum absolute atomic E-state index is 14.2. The number of rotatable bonds is 6. The number of nitrogens with zero attached hydrogens (tertiary/aromatic N) is 6. The van der Waals surface area contributed by atoms with E-state index in [1.54, 1.807) is 64.1 Å². The number of piperazine rings is 1. The van der Waals surface area contributed by atoms with Crippen LogP contribution in [-0.2, 0) is 6.54 Å². The highest BCUT2D eigenvalue weighted by atomic mass is 35.5. The molecule has 3 heterocycles. The summed E-state index contributed by atoms with van der Waals surface area (Å²) in [6, 6.07) is 12.2. The van der Waals surface area contributed by atoms with Gasteiger partial charge in [-0.05, 0) is 56.3 Å². The summed E-state index contributed by atoms with van der Waals surface area (Å²) in [5.41, 5.74) is 3.28. The van der Waals surface area contributed by atoms with Crippen molar-refractivity contribution in [2.24, 2.45) is 0 Å². The maximum atomic E-state index is 14.2. The summed E-state index contributed by atoms with van der Waals surface area (Å²) in [7, 11) is 1.76. The monoisotopic (exact) mass is 547 g/mol. The smallest absolute Gasteiger partial charge is 0.276 e. The van der Waals surface area contributed by atoms with Gasteiger partial charge in [0.05, 0.1) is 28.5 Å². The van der Waals surface area contributed by atoms with E-state index in [1.807, 2.05) is 0 Å². The van der Waals surface area contributed by atoms with Crippen LogP contribution in [0.2, 0.25) is 5.02 Å². The first-order chi connectivity index (χ1) is 18.9. The summed E-state index contributed by atoms with van der Waals surface area (Å²) in [6.07, 6.45) is 3.85. The molecule has 0 unspecified atom stereocenters. The number of amides is 2. The molecular formula is C28H27ClFN7O2. The van der Waals surface area contributed by atoms with Crippen LogP contribution in [0.25, 0.3) is 22.2 Å². The Kier molecular flexibility index (Phi) is 6.74. The second-order valence-corrected chi connectivity index (χ2v) is 10.4. The summed E-state index contributed by atoms with van der Waals surface area (Å²) in [4.78, 5) is 34.4. The number of fused-ring (bicyclic) bond motifs is 1. The Bertz CT molecular complexity index is 1580. The van der Waals surface area contributed by atoms with Gasteiger partial charge in [0.2, 0.25) is 0 Å². The lowest BCUT2D eigenvalue weighted by molar-refractivity contribution is 0.0532. The highest BCUT2D eigenvalue weighted by molar-refractivity contribution is 6.35. The minimum atomic E-state index is -0.292. The fraction of sp³-hybridized carbons (Fsp3) is 0.321. The van der Waals surface area contributed by atoms with E-state index in [4.69, 9.17) is 16.6 Å². The van der Waals surface area contributed by atoms with Crippen LogP contribution in [0.5, 0.6) is 0 Å². The van der Waals surface area contributed by atoms with Gasteiger partial charge in [-0.25, -0.2) is 14.1 Å². The van der Waals surface area contributed by atoms with Crippen molar-refractivity contribution in [1.82, 2.24) is 35.1 Å². The molecule has 2 aromatic carbocycles. The first kappa shape index (κ1) is 25.4. The standard InChI is InChI=1S/C28H27ClFN7O2/c1-31-15-19-12-17(3-7-23(19)30)24-14-22(29)21-6-2-18(13-25(21)32-24)27(38)35-8-10-36(11-9-35)28(39)26-16-37(34-33-26)20-4-5-20/h2-3,6-7,12-14,16,20,31H,4-5,8-11,15H2,1H3. The Labute approximate surface area is 229 Å². The van der Waals surface area contributed by atoms with Crippen LogP contribution in [0.3, 0.4) is 0 Å². The summed E-state index contributed by atoms with van der Waals surface area (Å²) in [6.45, 7) is 2.05. The number of carbonyl (C=O) groups excluding carboxylic acids is 2. The summed E-state index contributed by atoms with van der Waals surface area (Å²) < 4.78 is 15.9. The van der Waals surface area contributed by atoms with E-state index in [0.717, 1.165) is 23.8 Å². The lowest BCUT2D eigenvalue weighted by Crippen LogP contribution is -2.50. The van der Waals surface area contributed by atoms with E-state index < -0.39 is 0 Å². The van der Waals surface area contributed by atoms with Gasteiger partial charge in [-0.2, -0.15) is 0 Å². The fourth-order valence-electron chi connectivity index (χ4n) is 4.88. The second-order valence-electron chi connectivity index (χ2n) is 9.96. The molecule has 0 bridgehead atoms. The third-order valence-electron chi connectivity index (χ3n) is 7.22. The molecule has 11 heteroatoms. The van der Waals surface area contributed by atoms with Gasteiger partial charge in [-0.1, -0.05) is 22.9 Å². The van der Waals surface area contributed by atoms with Crippen molar-refractivity contribution in [1.29, 1.82) is 0 Å². The highest BCUT2D eigenvalue weighted by Gasteiger charge is 2.29. The van der Waals surface area contributed by atoms with E-state index in [0.29, 0.717) is 71.8 Å². The van der Waals surface area contributed by atoms with E-state index in [2.05, 4.69) is 15.6 Å². The molecule has 1 aliphatic heterocycles. The molecule has 1 saturated heterocycles. The van der Waals surface area contributed by atoms with Crippen molar-refractivity contribution in [3.8, 4) is 11.3 Å². The molecule has 2 aliphatic rings. The quantitative estimate of drug-likeness (QED) is 0.393. The van der Waals surface area contributed by atoms with E-state index in [1.165, 1.54) is 6.07 Å².